The molecule has 0 atom stereocenters. The zero-order valence-electron chi connectivity index (χ0n) is 17.7. The second-order valence-corrected chi connectivity index (χ2v) is 8.03. The molecule has 0 aliphatic carbocycles. The largest absolute Gasteiger partial charge is 0.490 e. The first-order valence-corrected chi connectivity index (χ1v) is 11.3. The number of ether oxygens (including phenoxy) is 2. The number of hydrogen-bond acceptors (Lipinski definition) is 7. The number of aromatic nitrogens is 4. The quantitative estimate of drug-likeness (QED) is 0.344. The zero-order chi connectivity index (χ0) is 21.2. The Kier molecular flexibility index (Phi) is 8.53. The Balaban J connectivity index is 1.43. The van der Waals surface area contributed by atoms with E-state index in [2.05, 4.69) is 33.0 Å². The SMILES string of the molecule is CCOc1cc(CNCCCSc2nnnn2-c2ccccc2)ccc1OC(C)C. The van der Waals surface area contributed by atoms with Crippen LogP contribution in [0.3, 0.4) is 0 Å². The lowest BCUT2D eigenvalue weighted by Gasteiger charge is -2.15. The molecule has 0 fully saturated rings. The summed E-state index contributed by atoms with van der Waals surface area (Å²) in [6.45, 7) is 8.33. The lowest BCUT2D eigenvalue weighted by atomic mass is 10.2. The summed E-state index contributed by atoms with van der Waals surface area (Å²) in [5, 5.41) is 16.3. The highest BCUT2D eigenvalue weighted by Gasteiger charge is 2.09. The van der Waals surface area contributed by atoms with E-state index in [1.54, 1.807) is 16.4 Å². The van der Waals surface area contributed by atoms with Crippen LogP contribution in [0.25, 0.3) is 5.69 Å². The van der Waals surface area contributed by atoms with Gasteiger partial charge in [0.25, 0.3) is 0 Å². The van der Waals surface area contributed by atoms with Gasteiger partial charge in [-0.1, -0.05) is 36.0 Å². The van der Waals surface area contributed by atoms with E-state index < -0.39 is 0 Å². The smallest absolute Gasteiger partial charge is 0.214 e. The fourth-order valence-corrected chi connectivity index (χ4v) is 3.71. The Morgan fingerprint density at radius 2 is 1.93 bits per heavy atom. The fourth-order valence-electron chi connectivity index (χ4n) is 2.88. The molecule has 0 unspecified atom stereocenters. The van der Waals surface area contributed by atoms with E-state index in [0.29, 0.717) is 6.61 Å². The van der Waals surface area contributed by atoms with Crippen molar-refractivity contribution in [1.29, 1.82) is 0 Å². The van der Waals surface area contributed by atoms with E-state index in [4.69, 9.17) is 9.47 Å². The van der Waals surface area contributed by atoms with Gasteiger partial charge in [-0.15, -0.1) is 5.10 Å². The third-order valence-corrected chi connectivity index (χ3v) is 5.18. The van der Waals surface area contributed by atoms with Crippen LogP contribution >= 0.6 is 11.8 Å². The van der Waals surface area contributed by atoms with Crippen LogP contribution in [0, 0.1) is 0 Å². The minimum Gasteiger partial charge on any atom is -0.490 e. The van der Waals surface area contributed by atoms with Gasteiger partial charge < -0.3 is 14.8 Å². The highest BCUT2D eigenvalue weighted by Crippen LogP contribution is 2.29. The Morgan fingerprint density at radius 3 is 2.70 bits per heavy atom. The summed E-state index contributed by atoms with van der Waals surface area (Å²) in [6, 6.07) is 16.1. The Hall–Kier alpha value is -2.58. The maximum absolute atomic E-state index is 5.82. The van der Waals surface area contributed by atoms with Gasteiger partial charge in [0.05, 0.1) is 18.4 Å². The molecule has 0 aliphatic rings. The summed E-state index contributed by atoms with van der Waals surface area (Å²) in [6.07, 6.45) is 1.13. The third-order valence-electron chi connectivity index (χ3n) is 4.17. The topological polar surface area (TPSA) is 74.1 Å². The number of nitrogens with zero attached hydrogens (tertiary/aromatic N) is 4. The van der Waals surface area contributed by atoms with Gasteiger partial charge in [-0.05, 0) is 74.0 Å². The number of para-hydroxylation sites is 1. The molecule has 1 N–H and O–H groups in total. The number of hydrogen-bond donors (Lipinski definition) is 1. The van der Waals surface area contributed by atoms with Crippen molar-refractivity contribution in [3.05, 3.63) is 54.1 Å². The van der Waals surface area contributed by atoms with Crippen LogP contribution in [0.5, 0.6) is 11.5 Å². The van der Waals surface area contributed by atoms with E-state index in [1.165, 1.54) is 5.56 Å². The normalized spacial score (nSPS) is 11.1. The van der Waals surface area contributed by atoms with E-state index in [0.717, 1.165) is 47.6 Å². The van der Waals surface area contributed by atoms with E-state index in [1.807, 2.05) is 57.2 Å². The van der Waals surface area contributed by atoms with E-state index in [-0.39, 0.29) is 6.10 Å². The molecule has 7 nitrogen and oxygen atoms in total. The predicted octanol–water partition coefficient (Wildman–Crippen LogP) is 4.12. The molecule has 1 heterocycles. The van der Waals surface area contributed by atoms with Crippen molar-refractivity contribution in [1.82, 2.24) is 25.5 Å². The van der Waals surface area contributed by atoms with Gasteiger partial charge in [0, 0.05) is 12.3 Å². The predicted molar refractivity (Wildman–Crippen MR) is 120 cm³/mol. The van der Waals surface area contributed by atoms with Gasteiger partial charge in [0.1, 0.15) is 0 Å². The molecule has 8 heteroatoms. The molecule has 0 amide bonds. The molecular formula is C22H29N5O2S. The summed E-state index contributed by atoms with van der Waals surface area (Å²) < 4.78 is 13.3. The molecule has 0 saturated heterocycles. The molecule has 0 bridgehead atoms. The molecule has 3 aromatic rings. The Labute approximate surface area is 182 Å². The first kappa shape index (κ1) is 22.1. The van der Waals surface area contributed by atoms with Crippen molar-refractivity contribution in [2.75, 3.05) is 18.9 Å². The highest BCUT2D eigenvalue weighted by atomic mass is 32.2. The van der Waals surface area contributed by atoms with E-state index >= 15 is 0 Å². The van der Waals surface area contributed by atoms with Crippen molar-refractivity contribution in [3.8, 4) is 17.2 Å². The fraction of sp³-hybridized carbons (Fsp3) is 0.409. The average molecular weight is 428 g/mol. The van der Waals surface area contributed by atoms with Gasteiger partial charge in [0.15, 0.2) is 11.5 Å². The van der Waals surface area contributed by atoms with Crippen molar-refractivity contribution in [3.63, 3.8) is 0 Å². The summed E-state index contributed by atoms with van der Waals surface area (Å²) in [7, 11) is 0. The number of rotatable bonds is 12. The number of benzene rings is 2. The minimum atomic E-state index is 0.119. The maximum atomic E-state index is 5.82. The first-order valence-electron chi connectivity index (χ1n) is 10.3. The lowest BCUT2D eigenvalue weighted by molar-refractivity contribution is 0.223. The van der Waals surface area contributed by atoms with Crippen LogP contribution in [-0.2, 0) is 6.54 Å². The molecule has 0 radical (unpaired) electrons. The average Bonchev–Trinajstić information content (AvgIpc) is 3.21. The summed E-state index contributed by atoms with van der Waals surface area (Å²) in [5.41, 5.74) is 2.15. The van der Waals surface area contributed by atoms with Crippen molar-refractivity contribution in [2.24, 2.45) is 0 Å². The molecule has 2 aromatic carbocycles. The summed E-state index contributed by atoms with van der Waals surface area (Å²) in [5.74, 6) is 2.53. The lowest BCUT2D eigenvalue weighted by Crippen LogP contribution is -2.15. The summed E-state index contributed by atoms with van der Waals surface area (Å²) in [4.78, 5) is 0. The second-order valence-electron chi connectivity index (χ2n) is 6.97. The van der Waals surface area contributed by atoms with Gasteiger partial charge in [-0.25, -0.2) is 0 Å². The van der Waals surface area contributed by atoms with Gasteiger partial charge in [-0.3, -0.25) is 0 Å². The number of nitrogens with one attached hydrogen (secondary N) is 1. The van der Waals surface area contributed by atoms with Crippen LogP contribution in [0.4, 0.5) is 0 Å². The molecular weight excluding hydrogens is 398 g/mol. The van der Waals surface area contributed by atoms with Crippen molar-refractivity contribution >= 4 is 11.8 Å². The van der Waals surface area contributed by atoms with Crippen LogP contribution in [0.15, 0.2) is 53.7 Å². The monoisotopic (exact) mass is 427 g/mol. The maximum Gasteiger partial charge on any atom is 0.214 e. The molecule has 30 heavy (non-hydrogen) atoms. The van der Waals surface area contributed by atoms with Crippen LogP contribution in [0.1, 0.15) is 32.8 Å². The Morgan fingerprint density at radius 1 is 1.10 bits per heavy atom. The molecule has 0 spiro atoms. The van der Waals surface area contributed by atoms with Gasteiger partial charge in [0.2, 0.25) is 5.16 Å². The van der Waals surface area contributed by atoms with Crippen molar-refractivity contribution < 1.29 is 9.47 Å². The zero-order valence-corrected chi connectivity index (χ0v) is 18.6. The number of tetrazole rings is 1. The molecule has 0 saturated carbocycles. The molecule has 0 aliphatic heterocycles. The van der Waals surface area contributed by atoms with Crippen LogP contribution in [0.2, 0.25) is 0 Å². The standard InChI is InChI=1S/C22H29N5O2S/c1-4-28-21-15-18(11-12-20(21)29-17(2)3)16-23-13-8-14-30-22-24-25-26-27(22)19-9-6-5-7-10-19/h5-7,9-12,15,17,23H,4,8,13-14,16H2,1-3H3. The van der Waals surface area contributed by atoms with Gasteiger partial charge in [-0.2, -0.15) is 4.68 Å². The van der Waals surface area contributed by atoms with Crippen LogP contribution in [-0.4, -0.2) is 45.2 Å². The summed E-state index contributed by atoms with van der Waals surface area (Å²) >= 11 is 1.66. The van der Waals surface area contributed by atoms with Gasteiger partial charge >= 0.3 is 0 Å². The number of thioether (sulfide) groups is 1. The molecule has 160 valence electrons. The second kappa shape index (κ2) is 11.6. The van der Waals surface area contributed by atoms with E-state index in [9.17, 15) is 0 Å². The van der Waals surface area contributed by atoms with Crippen LogP contribution < -0.4 is 14.8 Å². The van der Waals surface area contributed by atoms with Crippen molar-refractivity contribution in [2.45, 2.75) is 45.0 Å². The Bertz CT molecular complexity index is 902. The first-order chi connectivity index (χ1) is 14.7. The molecule has 3 rings (SSSR count). The third kappa shape index (κ3) is 6.47. The highest BCUT2D eigenvalue weighted by molar-refractivity contribution is 7.99. The molecule has 1 aromatic heterocycles. The minimum absolute atomic E-state index is 0.119.